The Kier molecular flexibility index (Phi) is 7.28. The number of fused-ring (bicyclic) bond motifs is 3. The predicted molar refractivity (Wildman–Crippen MR) is 96.6 cm³/mol. The summed E-state index contributed by atoms with van der Waals surface area (Å²) in [6.45, 7) is 15.8. The molecule has 3 rings (SSSR count). The standard InChI is InChI=1S/C17H30.2C2H6/c1-13-6-7-15-14(12-13)8-11-16(2)9-4-5-10-17(15,16)3;2*1-2/h13-15H,4-12H2,1-3H3;2*1-2H3. The van der Waals surface area contributed by atoms with Crippen LogP contribution in [0.1, 0.15) is 106 Å². The van der Waals surface area contributed by atoms with Crippen LogP contribution in [-0.4, -0.2) is 0 Å². The van der Waals surface area contributed by atoms with Crippen LogP contribution in [0.5, 0.6) is 0 Å². The van der Waals surface area contributed by atoms with Crippen molar-refractivity contribution in [3.05, 3.63) is 0 Å². The maximum absolute atomic E-state index is 2.67. The summed E-state index contributed by atoms with van der Waals surface area (Å²) in [5.74, 6) is 3.15. The van der Waals surface area contributed by atoms with Crippen molar-refractivity contribution in [1.82, 2.24) is 0 Å². The highest BCUT2D eigenvalue weighted by Gasteiger charge is 2.55. The van der Waals surface area contributed by atoms with Gasteiger partial charge in [-0.25, -0.2) is 0 Å². The zero-order chi connectivity index (χ0) is 16.1. The van der Waals surface area contributed by atoms with Crippen molar-refractivity contribution in [1.29, 1.82) is 0 Å². The smallest absolute Gasteiger partial charge is 0.0241 e. The Morgan fingerprint density at radius 3 is 2.05 bits per heavy atom. The largest absolute Gasteiger partial charge is 0.0683 e. The maximum Gasteiger partial charge on any atom is -0.0241 e. The molecule has 126 valence electrons. The Balaban J connectivity index is 0.000000510. The minimum Gasteiger partial charge on any atom is -0.0683 e. The molecule has 0 aromatic heterocycles. The van der Waals surface area contributed by atoms with E-state index in [9.17, 15) is 0 Å². The average Bonchev–Trinajstić information content (AvgIpc) is 2.52. The van der Waals surface area contributed by atoms with E-state index in [0.29, 0.717) is 10.8 Å². The number of hydrogen-bond donors (Lipinski definition) is 0. The van der Waals surface area contributed by atoms with E-state index in [1.807, 2.05) is 27.7 Å². The van der Waals surface area contributed by atoms with Gasteiger partial charge in [-0.1, -0.05) is 67.7 Å². The van der Waals surface area contributed by atoms with Gasteiger partial charge in [0, 0.05) is 0 Å². The Bertz CT molecular complexity index is 294. The summed E-state index contributed by atoms with van der Waals surface area (Å²) in [6, 6.07) is 0. The maximum atomic E-state index is 2.67. The Labute approximate surface area is 135 Å². The van der Waals surface area contributed by atoms with Crippen LogP contribution in [-0.2, 0) is 0 Å². The van der Waals surface area contributed by atoms with E-state index >= 15 is 0 Å². The molecule has 3 saturated carbocycles. The SMILES string of the molecule is CC.CC.CC1CCC2C(CCC3(C)CCCCC23C)C1. The Morgan fingerprint density at radius 1 is 0.762 bits per heavy atom. The van der Waals surface area contributed by atoms with Crippen LogP contribution in [0.2, 0.25) is 0 Å². The molecule has 0 spiro atoms. The summed E-state index contributed by atoms with van der Waals surface area (Å²) in [4.78, 5) is 0. The van der Waals surface area contributed by atoms with Crippen molar-refractivity contribution >= 4 is 0 Å². The molecule has 3 fully saturated rings. The van der Waals surface area contributed by atoms with Gasteiger partial charge >= 0.3 is 0 Å². The summed E-state index contributed by atoms with van der Waals surface area (Å²) in [6.07, 6.45) is 13.7. The van der Waals surface area contributed by atoms with Gasteiger partial charge in [-0.15, -0.1) is 0 Å². The van der Waals surface area contributed by atoms with E-state index in [0.717, 1.165) is 17.8 Å². The van der Waals surface area contributed by atoms with Crippen LogP contribution in [0.15, 0.2) is 0 Å². The number of hydrogen-bond acceptors (Lipinski definition) is 0. The van der Waals surface area contributed by atoms with Gasteiger partial charge in [0.25, 0.3) is 0 Å². The van der Waals surface area contributed by atoms with Crippen LogP contribution in [0.4, 0.5) is 0 Å². The second-order valence-corrected chi connectivity index (χ2v) is 8.01. The molecule has 0 heteroatoms. The van der Waals surface area contributed by atoms with Crippen molar-refractivity contribution in [2.24, 2.45) is 28.6 Å². The topological polar surface area (TPSA) is 0 Å². The first-order valence-corrected chi connectivity index (χ1v) is 10.1. The molecule has 0 aliphatic heterocycles. The van der Waals surface area contributed by atoms with Crippen molar-refractivity contribution in [2.45, 2.75) is 106 Å². The highest BCUT2D eigenvalue weighted by atomic mass is 14.6. The molecule has 21 heavy (non-hydrogen) atoms. The molecule has 0 N–H and O–H groups in total. The quantitative estimate of drug-likeness (QED) is 0.434. The first-order chi connectivity index (χ1) is 10.1. The second-order valence-electron chi connectivity index (χ2n) is 8.01. The predicted octanol–water partition coefficient (Wildman–Crippen LogP) is 7.47. The lowest BCUT2D eigenvalue weighted by Crippen LogP contribution is -2.53. The van der Waals surface area contributed by atoms with Gasteiger partial charge in [-0.05, 0) is 67.1 Å². The molecule has 0 amide bonds. The third-order valence-corrected chi connectivity index (χ3v) is 7.18. The monoisotopic (exact) mass is 294 g/mol. The molecule has 0 heterocycles. The summed E-state index contributed by atoms with van der Waals surface area (Å²) in [5.41, 5.74) is 1.38. The van der Waals surface area contributed by atoms with Crippen LogP contribution >= 0.6 is 0 Å². The van der Waals surface area contributed by atoms with Gasteiger partial charge in [0.15, 0.2) is 0 Å². The highest BCUT2D eigenvalue weighted by molar-refractivity contribution is 5.05. The van der Waals surface area contributed by atoms with Gasteiger partial charge in [-0.2, -0.15) is 0 Å². The Morgan fingerprint density at radius 2 is 1.38 bits per heavy atom. The highest BCUT2D eigenvalue weighted by Crippen LogP contribution is 2.65. The molecule has 0 saturated heterocycles. The molecule has 0 nitrogen and oxygen atoms in total. The lowest BCUT2D eigenvalue weighted by atomic mass is 9.43. The van der Waals surface area contributed by atoms with E-state index in [1.54, 1.807) is 6.42 Å². The fourth-order valence-electron chi connectivity index (χ4n) is 5.80. The summed E-state index contributed by atoms with van der Waals surface area (Å²) >= 11 is 0. The van der Waals surface area contributed by atoms with Crippen LogP contribution in [0.3, 0.4) is 0 Å². The third-order valence-electron chi connectivity index (χ3n) is 7.18. The second kappa shape index (κ2) is 8.02. The Hall–Kier alpha value is 0. The van der Waals surface area contributed by atoms with Crippen LogP contribution < -0.4 is 0 Å². The summed E-state index contributed by atoms with van der Waals surface area (Å²) in [5, 5.41) is 0. The summed E-state index contributed by atoms with van der Waals surface area (Å²) < 4.78 is 0. The van der Waals surface area contributed by atoms with E-state index in [-0.39, 0.29) is 0 Å². The zero-order valence-corrected chi connectivity index (χ0v) is 16.1. The molecule has 3 aliphatic rings. The summed E-state index contributed by atoms with van der Waals surface area (Å²) in [7, 11) is 0. The molecule has 0 aromatic carbocycles. The van der Waals surface area contributed by atoms with E-state index in [4.69, 9.17) is 0 Å². The third kappa shape index (κ3) is 3.50. The molecule has 0 radical (unpaired) electrons. The first kappa shape index (κ1) is 19.0. The van der Waals surface area contributed by atoms with Crippen molar-refractivity contribution in [3.8, 4) is 0 Å². The lowest BCUT2D eigenvalue weighted by Gasteiger charge is -2.62. The fourth-order valence-corrected chi connectivity index (χ4v) is 5.80. The molecule has 5 atom stereocenters. The average molecular weight is 295 g/mol. The molecule has 0 aromatic rings. The zero-order valence-electron chi connectivity index (χ0n) is 16.1. The number of rotatable bonds is 0. The first-order valence-electron chi connectivity index (χ1n) is 10.1. The molecule has 3 aliphatic carbocycles. The molecular weight excluding hydrogens is 252 g/mol. The van der Waals surface area contributed by atoms with Gasteiger partial charge in [0.2, 0.25) is 0 Å². The molecular formula is C21H42. The van der Waals surface area contributed by atoms with Gasteiger partial charge < -0.3 is 0 Å². The normalized spacial score (nSPS) is 45.0. The van der Waals surface area contributed by atoms with Crippen LogP contribution in [0.25, 0.3) is 0 Å². The minimum absolute atomic E-state index is 0.687. The van der Waals surface area contributed by atoms with Gasteiger partial charge in [0.05, 0.1) is 0 Å². The van der Waals surface area contributed by atoms with Crippen molar-refractivity contribution in [2.75, 3.05) is 0 Å². The van der Waals surface area contributed by atoms with Crippen molar-refractivity contribution in [3.63, 3.8) is 0 Å². The van der Waals surface area contributed by atoms with E-state index < -0.39 is 0 Å². The van der Waals surface area contributed by atoms with Crippen LogP contribution in [0, 0.1) is 28.6 Å². The van der Waals surface area contributed by atoms with E-state index in [2.05, 4.69) is 20.8 Å². The minimum atomic E-state index is 0.687. The molecule has 0 bridgehead atoms. The fraction of sp³-hybridized carbons (Fsp3) is 1.00. The van der Waals surface area contributed by atoms with Crippen molar-refractivity contribution < 1.29 is 0 Å². The molecule has 5 unspecified atom stereocenters. The van der Waals surface area contributed by atoms with Gasteiger partial charge in [0.1, 0.15) is 0 Å². The van der Waals surface area contributed by atoms with Gasteiger partial charge in [-0.3, -0.25) is 0 Å². The lowest BCUT2D eigenvalue weighted by molar-refractivity contribution is -0.120. The van der Waals surface area contributed by atoms with E-state index in [1.165, 1.54) is 51.4 Å².